The molecule has 0 unspecified atom stereocenters. The minimum atomic E-state index is -0.608. The van der Waals surface area contributed by atoms with Gasteiger partial charge in [0.05, 0.1) is 13.2 Å². The van der Waals surface area contributed by atoms with Crippen LogP contribution in [0, 0.1) is 6.92 Å². The molecule has 1 aromatic heterocycles. The molecule has 29 heavy (non-hydrogen) atoms. The first kappa shape index (κ1) is 21.2. The van der Waals surface area contributed by atoms with E-state index in [0.717, 1.165) is 28.0 Å². The van der Waals surface area contributed by atoms with Gasteiger partial charge in [-0.05, 0) is 57.2 Å². The fourth-order valence-electron chi connectivity index (χ4n) is 2.82. The molecular formula is C22H27N3O3S. The van der Waals surface area contributed by atoms with E-state index >= 15 is 0 Å². The van der Waals surface area contributed by atoms with Gasteiger partial charge in [-0.25, -0.2) is 0 Å². The second-order valence-corrected chi connectivity index (χ2v) is 8.07. The average Bonchev–Trinajstić information content (AvgIpc) is 3.16. The van der Waals surface area contributed by atoms with E-state index in [-0.39, 0.29) is 12.6 Å². The van der Waals surface area contributed by atoms with Gasteiger partial charge in [0, 0.05) is 17.4 Å². The molecule has 0 aliphatic rings. The van der Waals surface area contributed by atoms with Crippen LogP contribution in [0.15, 0.2) is 53.7 Å². The fourth-order valence-corrected chi connectivity index (χ4v) is 3.80. The van der Waals surface area contributed by atoms with Crippen LogP contribution in [0.1, 0.15) is 25.5 Å². The summed E-state index contributed by atoms with van der Waals surface area (Å²) in [7, 11) is 1.65. The lowest BCUT2D eigenvalue weighted by molar-refractivity contribution is 0.126. The summed E-state index contributed by atoms with van der Waals surface area (Å²) in [6.07, 6.45) is -0.608. The SMILES string of the molecule is COc1ccc(-c2nnc(SC[C@@H](O)COc3ccc(C)cc3)n2C(C)C)cc1. The van der Waals surface area contributed by atoms with Crippen LogP contribution in [0.25, 0.3) is 11.4 Å². The van der Waals surface area contributed by atoms with Crippen molar-refractivity contribution in [1.82, 2.24) is 14.8 Å². The number of aryl methyl sites for hydroxylation is 1. The van der Waals surface area contributed by atoms with Crippen LogP contribution in [0.5, 0.6) is 11.5 Å². The normalized spacial score (nSPS) is 12.2. The third-order valence-electron chi connectivity index (χ3n) is 4.40. The van der Waals surface area contributed by atoms with Crippen LogP contribution in [0.4, 0.5) is 0 Å². The lowest BCUT2D eigenvalue weighted by Crippen LogP contribution is -2.20. The highest BCUT2D eigenvalue weighted by molar-refractivity contribution is 7.99. The van der Waals surface area contributed by atoms with Crippen molar-refractivity contribution < 1.29 is 14.6 Å². The van der Waals surface area contributed by atoms with E-state index in [4.69, 9.17) is 9.47 Å². The summed E-state index contributed by atoms with van der Waals surface area (Å²) in [5, 5.41) is 19.8. The molecule has 3 aromatic rings. The fraction of sp³-hybridized carbons (Fsp3) is 0.364. The van der Waals surface area contributed by atoms with Crippen molar-refractivity contribution in [2.45, 2.75) is 38.1 Å². The Hall–Kier alpha value is -2.51. The summed E-state index contributed by atoms with van der Waals surface area (Å²) < 4.78 is 13.0. The van der Waals surface area contributed by atoms with Gasteiger partial charge in [-0.1, -0.05) is 29.5 Å². The molecule has 0 aliphatic carbocycles. The van der Waals surface area contributed by atoms with E-state index in [1.54, 1.807) is 7.11 Å². The van der Waals surface area contributed by atoms with Gasteiger partial charge in [-0.15, -0.1) is 10.2 Å². The predicted octanol–water partition coefficient (Wildman–Crippen LogP) is 4.38. The van der Waals surface area contributed by atoms with Gasteiger partial charge < -0.3 is 14.6 Å². The lowest BCUT2D eigenvalue weighted by Gasteiger charge is -2.15. The van der Waals surface area contributed by atoms with E-state index in [2.05, 4.69) is 28.6 Å². The highest BCUT2D eigenvalue weighted by atomic mass is 32.2. The molecule has 0 amide bonds. The van der Waals surface area contributed by atoms with Gasteiger partial charge in [0.15, 0.2) is 11.0 Å². The highest BCUT2D eigenvalue weighted by Gasteiger charge is 2.18. The lowest BCUT2D eigenvalue weighted by atomic mass is 10.2. The molecule has 2 aromatic carbocycles. The molecule has 7 heteroatoms. The summed E-state index contributed by atoms with van der Waals surface area (Å²) in [5.74, 6) is 2.83. The Morgan fingerprint density at radius 2 is 1.66 bits per heavy atom. The quantitative estimate of drug-likeness (QED) is 0.525. The Balaban J connectivity index is 1.64. The Kier molecular flexibility index (Phi) is 7.17. The van der Waals surface area contributed by atoms with Gasteiger partial charge in [0.2, 0.25) is 0 Å². The molecule has 1 N–H and O–H groups in total. The van der Waals surface area contributed by atoms with Gasteiger partial charge >= 0.3 is 0 Å². The third-order valence-corrected chi connectivity index (χ3v) is 5.49. The Morgan fingerprint density at radius 3 is 2.28 bits per heavy atom. The standard InChI is InChI=1S/C22H27N3O3S/c1-15(2)25-21(17-7-11-19(27-4)12-8-17)23-24-22(25)29-14-18(26)13-28-20-9-5-16(3)6-10-20/h5-12,15,18,26H,13-14H2,1-4H3/t18-/m0/s1. The summed E-state index contributed by atoms with van der Waals surface area (Å²) in [4.78, 5) is 0. The smallest absolute Gasteiger partial charge is 0.191 e. The Bertz CT molecular complexity index is 908. The Morgan fingerprint density at radius 1 is 1.00 bits per heavy atom. The number of aromatic nitrogens is 3. The number of ether oxygens (including phenoxy) is 2. The average molecular weight is 414 g/mol. The minimum absolute atomic E-state index is 0.186. The number of aliphatic hydroxyl groups is 1. The van der Waals surface area contributed by atoms with Crippen molar-refractivity contribution in [3.05, 3.63) is 54.1 Å². The molecule has 0 spiro atoms. The topological polar surface area (TPSA) is 69.4 Å². The van der Waals surface area contributed by atoms with E-state index in [1.165, 1.54) is 17.3 Å². The molecule has 6 nitrogen and oxygen atoms in total. The molecule has 0 saturated carbocycles. The van der Waals surface area contributed by atoms with Crippen molar-refractivity contribution in [2.75, 3.05) is 19.5 Å². The predicted molar refractivity (Wildman–Crippen MR) is 116 cm³/mol. The number of rotatable bonds is 9. The molecule has 0 saturated heterocycles. The largest absolute Gasteiger partial charge is 0.497 e. The number of aliphatic hydroxyl groups excluding tert-OH is 1. The molecule has 3 rings (SSSR count). The summed E-state index contributed by atoms with van der Waals surface area (Å²) >= 11 is 1.48. The second kappa shape index (κ2) is 9.80. The van der Waals surface area contributed by atoms with E-state index in [9.17, 15) is 5.11 Å². The first-order valence-corrected chi connectivity index (χ1v) is 10.6. The molecule has 0 bridgehead atoms. The molecule has 1 atom stereocenters. The summed E-state index contributed by atoms with van der Waals surface area (Å²) in [6.45, 7) is 6.45. The summed E-state index contributed by atoms with van der Waals surface area (Å²) in [6, 6.07) is 15.7. The molecule has 1 heterocycles. The van der Waals surface area contributed by atoms with Gasteiger partial charge in [-0.3, -0.25) is 4.57 Å². The van der Waals surface area contributed by atoms with Crippen LogP contribution in [0.2, 0.25) is 0 Å². The molecule has 154 valence electrons. The molecular weight excluding hydrogens is 386 g/mol. The van der Waals surface area contributed by atoms with Gasteiger partial charge in [-0.2, -0.15) is 0 Å². The number of methoxy groups -OCH3 is 1. The van der Waals surface area contributed by atoms with Crippen molar-refractivity contribution in [3.8, 4) is 22.9 Å². The van der Waals surface area contributed by atoms with Crippen molar-refractivity contribution in [1.29, 1.82) is 0 Å². The first-order chi connectivity index (χ1) is 14.0. The van der Waals surface area contributed by atoms with Gasteiger partial charge in [0.1, 0.15) is 18.1 Å². The third kappa shape index (κ3) is 5.52. The van der Waals surface area contributed by atoms with Crippen LogP contribution in [-0.4, -0.2) is 45.4 Å². The zero-order valence-corrected chi connectivity index (χ0v) is 18.0. The van der Waals surface area contributed by atoms with Crippen molar-refractivity contribution in [3.63, 3.8) is 0 Å². The van der Waals surface area contributed by atoms with Crippen LogP contribution in [-0.2, 0) is 0 Å². The van der Waals surface area contributed by atoms with E-state index in [1.807, 2.05) is 55.5 Å². The van der Waals surface area contributed by atoms with Gasteiger partial charge in [0.25, 0.3) is 0 Å². The molecule has 0 aliphatic heterocycles. The number of benzene rings is 2. The zero-order chi connectivity index (χ0) is 20.8. The van der Waals surface area contributed by atoms with Crippen molar-refractivity contribution in [2.24, 2.45) is 0 Å². The van der Waals surface area contributed by atoms with Crippen LogP contribution < -0.4 is 9.47 Å². The van der Waals surface area contributed by atoms with E-state index < -0.39 is 6.10 Å². The number of nitrogens with zero attached hydrogens (tertiary/aromatic N) is 3. The maximum Gasteiger partial charge on any atom is 0.191 e. The second-order valence-electron chi connectivity index (χ2n) is 7.09. The van der Waals surface area contributed by atoms with Crippen LogP contribution >= 0.6 is 11.8 Å². The number of hydrogen-bond donors (Lipinski definition) is 1. The summed E-state index contributed by atoms with van der Waals surface area (Å²) in [5.41, 5.74) is 2.15. The minimum Gasteiger partial charge on any atom is -0.497 e. The number of thioether (sulfide) groups is 1. The molecule has 0 radical (unpaired) electrons. The first-order valence-electron chi connectivity index (χ1n) is 9.57. The van der Waals surface area contributed by atoms with E-state index in [0.29, 0.717) is 5.75 Å². The maximum absolute atomic E-state index is 10.3. The van der Waals surface area contributed by atoms with Crippen LogP contribution in [0.3, 0.4) is 0 Å². The maximum atomic E-state index is 10.3. The highest BCUT2D eigenvalue weighted by Crippen LogP contribution is 2.29. The Labute approximate surface area is 175 Å². The zero-order valence-electron chi connectivity index (χ0n) is 17.2. The van der Waals surface area contributed by atoms with Crippen molar-refractivity contribution >= 4 is 11.8 Å². The monoisotopic (exact) mass is 413 g/mol. The number of hydrogen-bond acceptors (Lipinski definition) is 6. The molecule has 0 fully saturated rings.